The lowest BCUT2D eigenvalue weighted by Crippen LogP contribution is -2.59. The number of hydrogen-bond acceptors (Lipinski definition) is 9. The van der Waals surface area contributed by atoms with E-state index in [9.17, 15) is 23.6 Å². The standard InChI is InChI=1S/C40H46FN7O7/c1-25(42-40(52)53-3)37(49)45-18-20-46(21-19-45)48-36(44-33-7-5-4-6-32(33)38(48)50)26(2)47(39(51)43-30-14-12-29(41)13-15-30)34-17-16-31(54-23-27-8-9-27)22-35(34)55-24-28-10-11-28/h4-7,12-17,22,25-28H,8-11,18-21,23-24H2,1-3H3,(H,42,52)(H,43,51)/t25-,26?/m0/s1. The maximum absolute atomic E-state index is 14.6. The molecule has 4 amide bonds. The van der Waals surface area contributed by atoms with E-state index in [0.29, 0.717) is 58.8 Å². The Kier molecular flexibility index (Phi) is 11.1. The van der Waals surface area contributed by atoms with Gasteiger partial charge in [0, 0.05) is 24.8 Å². The number of para-hydroxylation sites is 1. The molecule has 3 fully saturated rings. The molecule has 1 unspecified atom stereocenters. The summed E-state index contributed by atoms with van der Waals surface area (Å²) in [6, 6.07) is 15.6. The Balaban J connectivity index is 1.27. The average Bonchev–Trinajstić information content (AvgIpc) is 4.14. The zero-order valence-corrected chi connectivity index (χ0v) is 31.2. The number of benzene rings is 3. The lowest BCUT2D eigenvalue weighted by atomic mass is 10.1. The van der Waals surface area contributed by atoms with Crippen molar-refractivity contribution in [3.63, 3.8) is 0 Å². The van der Waals surface area contributed by atoms with Crippen LogP contribution < -0.4 is 35.6 Å². The molecule has 2 aliphatic carbocycles. The molecule has 1 saturated heterocycles. The van der Waals surface area contributed by atoms with Crippen LogP contribution in [0.2, 0.25) is 0 Å². The quantitative estimate of drug-likeness (QED) is 0.182. The van der Waals surface area contributed by atoms with Gasteiger partial charge in [-0.3, -0.25) is 14.5 Å². The van der Waals surface area contributed by atoms with Crippen LogP contribution in [0.5, 0.6) is 11.5 Å². The van der Waals surface area contributed by atoms with Gasteiger partial charge in [0.2, 0.25) is 5.91 Å². The van der Waals surface area contributed by atoms with Crippen molar-refractivity contribution in [1.29, 1.82) is 0 Å². The Morgan fingerprint density at radius 1 is 0.909 bits per heavy atom. The van der Waals surface area contributed by atoms with E-state index in [1.807, 2.05) is 5.01 Å². The van der Waals surface area contributed by atoms with E-state index in [2.05, 4.69) is 15.4 Å². The van der Waals surface area contributed by atoms with Crippen LogP contribution in [0.1, 0.15) is 51.4 Å². The molecule has 7 rings (SSSR count). The highest BCUT2D eigenvalue weighted by Crippen LogP contribution is 2.40. The number of piperazine rings is 1. The Bertz CT molecular complexity index is 2100. The lowest BCUT2D eigenvalue weighted by molar-refractivity contribution is -0.133. The molecule has 1 aliphatic heterocycles. The largest absolute Gasteiger partial charge is 0.493 e. The summed E-state index contributed by atoms with van der Waals surface area (Å²) in [5, 5.41) is 7.63. The fourth-order valence-electron chi connectivity index (χ4n) is 6.59. The number of amides is 4. The predicted octanol–water partition coefficient (Wildman–Crippen LogP) is 5.44. The molecule has 0 spiro atoms. The number of nitrogens with one attached hydrogen (secondary N) is 2. The molecular formula is C40H46FN7O7. The van der Waals surface area contributed by atoms with Crippen molar-refractivity contribution in [2.24, 2.45) is 11.8 Å². The normalized spacial score (nSPS) is 16.6. The number of nitrogens with zero attached hydrogens (tertiary/aromatic N) is 5. The number of halogens is 1. The third kappa shape index (κ3) is 8.76. The van der Waals surface area contributed by atoms with Gasteiger partial charge in [0.1, 0.15) is 23.4 Å². The Hall–Kier alpha value is -5.86. The van der Waals surface area contributed by atoms with Gasteiger partial charge in [-0.05, 0) is 99.9 Å². The molecule has 2 atom stereocenters. The molecular weight excluding hydrogens is 709 g/mol. The number of aromatic nitrogens is 2. The van der Waals surface area contributed by atoms with Gasteiger partial charge in [-0.25, -0.2) is 23.6 Å². The summed E-state index contributed by atoms with van der Waals surface area (Å²) in [6.45, 7) is 5.49. The fraction of sp³-hybridized carbons (Fsp3) is 0.425. The fourth-order valence-corrected chi connectivity index (χ4v) is 6.59. The average molecular weight is 756 g/mol. The van der Waals surface area contributed by atoms with Crippen LogP contribution in [-0.4, -0.2) is 85.1 Å². The molecule has 55 heavy (non-hydrogen) atoms. The van der Waals surface area contributed by atoms with Crippen molar-refractivity contribution in [2.75, 3.05) is 61.7 Å². The van der Waals surface area contributed by atoms with Crippen molar-refractivity contribution in [3.8, 4) is 11.5 Å². The minimum Gasteiger partial charge on any atom is -0.493 e. The first-order chi connectivity index (χ1) is 26.6. The Labute approximate surface area is 318 Å². The summed E-state index contributed by atoms with van der Waals surface area (Å²) in [5.41, 5.74) is 0.924. The summed E-state index contributed by atoms with van der Waals surface area (Å²) in [5.74, 6) is 1.57. The second-order valence-electron chi connectivity index (χ2n) is 14.4. The highest BCUT2D eigenvalue weighted by Gasteiger charge is 2.34. The zero-order valence-electron chi connectivity index (χ0n) is 31.2. The van der Waals surface area contributed by atoms with Crippen LogP contribution >= 0.6 is 0 Å². The number of urea groups is 1. The van der Waals surface area contributed by atoms with Gasteiger partial charge in [-0.1, -0.05) is 12.1 Å². The number of ether oxygens (including phenoxy) is 3. The van der Waals surface area contributed by atoms with Crippen molar-refractivity contribution >= 4 is 40.3 Å². The Morgan fingerprint density at radius 3 is 2.25 bits per heavy atom. The van der Waals surface area contributed by atoms with E-state index < -0.39 is 30.0 Å². The van der Waals surface area contributed by atoms with Gasteiger partial charge >= 0.3 is 12.1 Å². The first-order valence-electron chi connectivity index (χ1n) is 18.7. The summed E-state index contributed by atoms with van der Waals surface area (Å²) >= 11 is 0. The number of carbonyl (C=O) groups is 3. The van der Waals surface area contributed by atoms with Crippen molar-refractivity contribution < 1.29 is 33.0 Å². The predicted molar refractivity (Wildman–Crippen MR) is 205 cm³/mol. The van der Waals surface area contributed by atoms with E-state index in [4.69, 9.17) is 14.5 Å². The highest BCUT2D eigenvalue weighted by atomic mass is 19.1. The molecule has 3 aliphatic rings. The maximum atomic E-state index is 14.6. The van der Waals surface area contributed by atoms with E-state index in [1.54, 1.807) is 61.2 Å². The topological polar surface area (TPSA) is 148 Å². The summed E-state index contributed by atoms with van der Waals surface area (Å²) in [4.78, 5) is 62.1. The molecule has 2 saturated carbocycles. The van der Waals surface area contributed by atoms with E-state index in [1.165, 1.54) is 41.0 Å². The summed E-state index contributed by atoms with van der Waals surface area (Å²) < 4.78 is 32.6. The smallest absolute Gasteiger partial charge is 0.407 e. The van der Waals surface area contributed by atoms with E-state index in [-0.39, 0.29) is 43.5 Å². The molecule has 0 bridgehead atoms. The summed E-state index contributed by atoms with van der Waals surface area (Å²) in [6.07, 6.45) is 3.68. The van der Waals surface area contributed by atoms with Crippen molar-refractivity contribution in [2.45, 2.75) is 51.6 Å². The monoisotopic (exact) mass is 755 g/mol. The first-order valence-corrected chi connectivity index (χ1v) is 18.7. The molecule has 14 nitrogen and oxygen atoms in total. The summed E-state index contributed by atoms with van der Waals surface area (Å²) in [7, 11) is 1.23. The van der Waals surface area contributed by atoms with Gasteiger partial charge in [0.25, 0.3) is 5.56 Å². The molecule has 2 N–H and O–H groups in total. The first kappa shape index (κ1) is 37.5. The lowest BCUT2D eigenvalue weighted by Gasteiger charge is -2.39. The molecule has 1 aromatic heterocycles. The Morgan fingerprint density at radius 2 is 1.58 bits per heavy atom. The SMILES string of the molecule is COC(=O)N[C@@H](C)C(=O)N1CCN(n2c(C(C)N(C(=O)Nc3ccc(F)cc3)c3ccc(OCC4CC4)cc3OCC3CC3)nc3ccccc3c2=O)CC1. The van der Waals surface area contributed by atoms with E-state index in [0.717, 1.165) is 25.7 Å². The number of methoxy groups -OCH3 is 1. The second-order valence-corrected chi connectivity index (χ2v) is 14.4. The number of rotatable bonds is 13. The minimum absolute atomic E-state index is 0.259. The number of fused-ring (bicyclic) bond motifs is 1. The van der Waals surface area contributed by atoms with Crippen LogP contribution in [0.4, 0.5) is 25.4 Å². The van der Waals surface area contributed by atoms with Crippen LogP contribution in [0.25, 0.3) is 10.9 Å². The molecule has 2 heterocycles. The van der Waals surface area contributed by atoms with Gasteiger partial charge in [-0.15, -0.1) is 0 Å². The van der Waals surface area contributed by atoms with Crippen LogP contribution in [0.15, 0.2) is 71.5 Å². The number of carbonyl (C=O) groups excluding carboxylic acids is 3. The van der Waals surface area contributed by atoms with Crippen molar-refractivity contribution in [3.05, 3.63) is 88.7 Å². The molecule has 0 radical (unpaired) electrons. The molecule has 4 aromatic rings. The number of anilines is 2. The maximum Gasteiger partial charge on any atom is 0.407 e. The second kappa shape index (κ2) is 16.2. The number of hydrogen-bond donors (Lipinski definition) is 2. The van der Waals surface area contributed by atoms with Crippen LogP contribution in [-0.2, 0) is 9.53 Å². The van der Waals surface area contributed by atoms with Crippen LogP contribution in [0.3, 0.4) is 0 Å². The number of alkyl carbamates (subject to hydrolysis) is 1. The van der Waals surface area contributed by atoms with Gasteiger partial charge in [0.15, 0.2) is 5.82 Å². The third-order valence-corrected chi connectivity index (χ3v) is 10.1. The van der Waals surface area contributed by atoms with Crippen LogP contribution in [0, 0.1) is 17.7 Å². The highest BCUT2D eigenvalue weighted by molar-refractivity contribution is 6.03. The van der Waals surface area contributed by atoms with Crippen molar-refractivity contribution in [1.82, 2.24) is 19.9 Å². The molecule has 290 valence electrons. The van der Waals surface area contributed by atoms with Gasteiger partial charge < -0.3 is 34.8 Å². The molecule has 3 aromatic carbocycles. The van der Waals surface area contributed by atoms with E-state index >= 15 is 0 Å². The molecule has 15 heteroatoms. The van der Waals surface area contributed by atoms with Gasteiger partial charge in [0.05, 0.1) is 56.0 Å². The van der Waals surface area contributed by atoms with Gasteiger partial charge in [-0.2, -0.15) is 0 Å². The zero-order chi connectivity index (χ0) is 38.6. The third-order valence-electron chi connectivity index (χ3n) is 10.1. The minimum atomic E-state index is -0.872.